The van der Waals surface area contributed by atoms with Crippen molar-refractivity contribution in [2.24, 2.45) is 0 Å². The number of hydrogen-bond donors (Lipinski definition) is 1. The molecule has 0 aliphatic carbocycles. The molecule has 6 nitrogen and oxygen atoms in total. The van der Waals surface area contributed by atoms with E-state index in [2.05, 4.69) is 16.3 Å². The number of fused-ring (bicyclic) bond motifs is 1. The molecule has 8 heteroatoms. The number of nitrogens with one attached hydrogen (secondary N) is 1. The first kappa shape index (κ1) is 24.4. The minimum atomic E-state index is -0.0504. The van der Waals surface area contributed by atoms with Crippen molar-refractivity contribution in [2.75, 3.05) is 39.8 Å². The van der Waals surface area contributed by atoms with Crippen molar-refractivity contribution in [3.8, 4) is 0 Å². The monoisotopic (exact) mass is 514 g/mol. The van der Waals surface area contributed by atoms with Crippen LogP contribution in [0.5, 0.6) is 0 Å². The zero-order valence-electron chi connectivity index (χ0n) is 20.1. The number of likely N-dealkylation sites (N-methyl/N-ethyl adjacent to an activating group) is 1. The van der Waals surface area contributed by atoms with E-state index in [0.717, 1.165) is 75.1 Å². The molecule has 0 bridgehead atoms. The fourth-order valence-corrected chi connectivity index (χ4v) is 6.29. The molecule has 2 saturated heterocycles. The molecule has 3 amide bonds. The van der Waals surface area contributed by atoms with Gasteiger partial charge in [0.1, 0.15) is 0 Å². The molecule has 3 heterocycles. The van der Waals surface area contributed by atoms with E-state index in [4.69, 9.17) is 23.2 Å². The molecule has 3 aliphatic rings. The van der Waals surface area contributed by atoms with Crippen LogP contribution in [-0.4, -0.2) is 72.5 Å². The molecule has 1 N–H and O–H groups in total. The smallest absolute Gasteiger partial charge is 0.317 e. The normalized spacial score (nSPS) is 22.3. The van der Waals surface area contributed by atoms with Crippen LogP contribution in [0.25, 0.3) is 0 Å². The van der Waals surface area contributed by atoms with Gasteiger partial charge in [0.2, 0.25) is 0 Å². The summed E-state index contributed by atoms with van der Waals surface area (Å²) < 4.78 is 0. The van der Waals surface area contributed by atoms with Crippen LogP contribution < -0.4 is 5.32 Å². The van der Waals surface area contributed by atoms with Gasteiger partial charge >= 0.3 is 6.03 Å². The molecule has 35 heavy (non-hydrogen) atoms. The highest BCUT2D eigenvalue weighted by atomic mass is 35.5. The molecule has 0 radical (unpaired) electrons. The molecule has 186 valence electrons. The molecule has 0 saturated carbocycles. The first-order valence-corrected chi connectivity index (χ1v) is 13.3. The molecular weight excluding hydrogens is 483 g/mol. The Morgan fingerprint density at radius 1 is 1.03 bits per heavy atom. The third-order valence-corrected chi connectivity index (χ3v) is 8.61. The van der Waals surface area contributed by atoms with Gasteiger partial charge in [-0.2, -0.15) is 0 Å². The van der Waals surface area contributed by atoms with Crippen LogP contribution in [-0.2, 0) is 0 Å². The number of benzene rings is 2. The lowest BCUT2D eigenvalue weighted by Gasteiger charge is -2.40. The van der Waals surface area contributed by atoms with Crippen LogP contribution >= 0.6 is 23.2 Å². The predicted octanol–water partition coefficient (Wildman–Crippen LogP) is 5.17. The van der Waals surface area contributed by atoms with Gasteiger partial charge in [-0.3, -0.25) is 4.79 Å². The molecule has 2 aromatic carbocycles. The number of amides is 3. The number of likely N-dealkylation sites (tertiary alicyclic amines) is 1. The molecule has 0 aromatic heterocycles. The van der Waals surface area contributed by atoms with E-state index < -0.39 is 0 Å². The number of hydrogen-bond acceptors (Lipinski definition) is 3. The Balaban J connectivity index is 1.32. The average Bonchev–Trinajstić information content (AvgIpc) is 3.12. The lowest BCUT2D eigenvalue weighted by molar-refractivity contribution is 0.0740. The van der Waals surface area contributed by atoms with Crippen molar-refractivity contribution in [2.45, 2.75) is 43.7 Å². The number of carbonyl (C=O) groups excluding carboxylic acids is 2. The number of piperidine rings is 1. The summed E-state index contributed by atoms with van der Waals surface area (Å²) >= 11 is 12.6. The number of nitrogens with zero attached hydrogens (tertiary/aromatic N) is 3. The summed E-state index contributed by atoms with van der Waals surface area (Å²) in [5, 5.41) is 4.05. The maximum Gasteiger partial charge on any atom is 0.317 e. The highest BCUT2D eigenvalue weighted by molar-refractivity contribution is 6.42. The number of rotatable bonds is 6. The molecular formula is C27H32Cl2N4O2. The Kier molecular flexibility index (Phi) is 7.24. The van der Waals surface area contributed by atoms with E-state index in [1.54, 1.807) is 0 Å². The fourth-order valence-electron chi connectivity index (χ4n) is 5.98. The van der Waals surface area contributed by atoms with Crippen molar-refractivity contribution in [1.29, 1.82) is 0 Å². The number of carbonyl (C=O) groups is 2. The molecule has 3 aliphatic heterocycles. The van der Waals surface area contributed by atoms with E-state index >= 15 is 0 Å². The van der Waals surface area contributed by atoms with E-state index in [-0.39, 0.29) is 23.9 Å². The molecule has 2 unspecified atom stereocenters. The van der Waals surface area contributed by atoms with Gasteiger partial charge in [-0.15, -0.1) is 0 Å². The third kappa shape index (κ3) is 4.89. The second-order valence-corrected chi connectivity index (χ2v) is 10.7. The summed E-state index contributed by atoms with van der Waals surface area (Å²) in [5.41, 5.74) is 2.96. The first-order chi connectivity index (χ1) is 16.9. The van der Waals surface area contributed by atoms with Gasteiger partial charge in [0, 0.05) is 50.7 Å². The van der Waals surface area contributed by atoms with Crippen molar-refractivity contribution in [3.63, 3.8) is 0 Å². The van der Waals surface area contributed by atoms with Crippen LogP contribution in [0.1, 0.15) is 59.1 Å². The van der Waals surface area contributed by atoms with Gasteiger partial charge < -0.3 is 20.0 Å². The molecule has 2 atom stereocenters. The van der Waals surface area contributed by atoms with Crippen molar-refractivity contribution < 1.29 is 9.59 Å². The Morgan fingerprint density at radius 2 is 1.80 bits per heavy atom. The average molecular weight is 515 g/mol. The third-order valence-electron chi connectivity index (χ3n) is 7.87. The summed E-state index contributed by atoms with van der Waals surface area (Å²) in [6.45, 7) is 4.50. The van der Waals surface area contributed by atoms with Gasteiger partial charge in [-0.05, 0) is 61.6 Å². The van der Waals surface area contributed by atoms with Crippen molar-refractivity contribution >= 4 is 35.1 Å². The highest BCUT2D eigenvalue weighted by Crippen LogP contribution is 2.45. The molecule has 2 fully saturated rings. The Hall–Kier alpha value is -2.28. The minimum absolute atomic E-state index is 0.0504. The maximum atomic E-state index is 13.0. The summed E-state index contributed by atoms with van der Waals surface area (Å²) in [4.78, 5) is 31.7. The second kappa shape index (κ2) is 10.4. The predicted molar refractivity (Wildman–Crippen MR) is 139 cm³/mol. The summed E-state index contributed by atoms with van der Waals surface area (Å²) in [6.07, 6.45) is 3.90. The summed E-state index contributed by atoms with van der Waals surface area (Å²) in [5.74, 6) is 0.157. The quantitative estimate of drug-likeness (QED) is 0.578. The van der Waals surface area contributed by atoms with Crippen LogP contribution in [0.4, 0.5) is 4.79 Å². The Morgan fingerprint density at radius 3 is 2.54 bits per heavy atom. The van der Waals surface area contributed by atoms with E-state index in [1.165, 1.54) is 0 Å². The summed E-state index contributed by atoms with van der Waals surface area (Å²) in [6, 6.07) is 14.1. The van der Waals surface area contributed by atoms with Crippen LogP contribution in [0.3, 0.4) is 0 Å². The van der Waals surface area contributed by atoms with E-state index in [0.29, 0.717) is 16.1 Å². The van der Waals surface area contributed by atoms with Crippen LogP contribution in [0.15, 0.2) is 42.5 Å². The number of halogens is 2. The van der Waals surface area contributed by atoms with Gasteiger partial charge in [0.05, 0.1) is 16.1 Å². The van der Waals surface area contributed by atoms with Crippen molar-refractivity contribution in [1.82, 2.24) is 20.0 Å². The minimum Gasteiger partial charge on any atom is -0.338 e. The summed E-state index contributed by atoms with van der Waals surface area (Å²) in [7, 11) is 1.90. The fraction of sp³-hybridized carbons (Fsp3) is 0.481. The van der Waals surface area contributed by atoms with Crippen molar-refractivity contribution in [3.05, 3.63) is 69.2 Å². The topological polar surface area (TPSA) is 55.9 Å². The second-order valence-electron chi connectivity index (χ2n) is 9.87. The molecule has 5 rings (SSSR count). The lowest BCUT2D eigenvalue weighted by Crippen LogP contribution is -2.54. The van der Waals surface area contributed by atoms with Crippen LogP contribution in [0, 0.1) is 0 Å². The molecule has 0 spiro atoms. The zero-order chi connectivity index (χ0) is 24.5. The first-order valence-electron chi connectivity index (χ1n) is 12.5. The maximum absolute atomic E-state index is 13.0. The van der Waals surface area contributed by atoms with Gasteiger partial charge in [0.25, 0.3) is 5.91 Å². The van der Waals surface area contributed by atoms with E-state index in [9.17, 15) is 9.59 Å². The van der Waals surface area contributed by atoms with Gasteiger partial charge in [-0.1, -0.05) is 47.5 Å². The lowest BCUT2D eigenvalue weighted by atomic mass is 9.84. The Bertz CT molecular complexity index is 1100. The zero-order valence-corrected chi connectivity index (χ0v) is 21.6. The SMILES string of the molecule is CN1C(=O)c2ccccc2C1C(CCN1CCC(N2CCCNC2=O)CC1)c1ccc(Cl)c(Cl)c1. The molecule has 2 aromatic rings. The van der Waals surface area contributed by atoms with Gasteiger partial charge in [0.15, 0.2) is 0 Å². The van der Waals surface area contributed by atoms with Crippen LogP contribution in [0.2, 0.25) is 10.0 Å². The Labute approximate surface area is 217 Å². The van der Waals surface area contributed by atoms with E-state index in [1.807, 2.05) is 53.2 Å². The number of urea groups is 1. The highest BCUT2D eigenvalue weighted by Gasteiger charge is 2.40. The standard InChI is InChI=1S/C27H32Cl2N4O2/c1-31-25(21-5-2-3-6-22(21)26(31)34)20(18-7-8-23(28)24(29)17-18)11-16-32-14-9-19(10-15-32)33-13-4-12-30-27(33)35/h2-3,5-8,17,19-20,25H,4,9-16H2,1H3,(H,30,35). The largest absolute Gasteiger partial charge is 0.338 e. The van der Waals surface area contributed by atoms with Gasteiger partial charge in [-0.25, -0.2) is 4.79 Å².